The number of hydrogen-bond donors (Lipinski definition) is 2. The molecule has 3 nitrogen and oxygen atoms in total. The molecular formula is C11H22O3. The van der Waals surface area contributed by atoms with Crippen molar-refractivity contribution < 1.29 is 15.0 Å². The van der Waals surface area contributed by atoms with Crippen molar-refractivity contribution in [2.45, 2.75) is 58.5 Å². The van der Waals surface area contributed by atoms with Gasteiger partial charge in [-0.15, -0.1) is 0 Å². The summed E-state index contributed by atoms with van der Waals surface area (Å²) in [5, 5.41) is 18.9. The summed E-state index contributed by atoms with van der Waals surface area (Å²) < 4.78 is 0. The Morgan fingerprint density at radius 2 is 1.93 bits per heavy atom. The number of rotatable bonds is 7. The van der Waals surface area contributed by atoms with Gasteiger partial charge in [-0.05, 0) is 18.8 Å². The second-order valence-electron chi connectivity index (χ2n) is 4.06. The average Bonchev–Trinajstić information content (AvgIpc) is 2.14. The van der Waals surface area contributed by atoms with Crippen LogP contribution < -0.4 is 0 Å². The van der Waals surface area contributed by atoms with Gasteiger partial charge in [0.25, 0.3) is 0 Å². The first-order valence-corrected chi connectivity index (χ1v) is 5.40. The van der Waals surface area contributed by atoms with E-state index in [1.165, 1.54) is 0 Å². The van der Waals surface area contributed by atoms with Gasteiger partial charge in [0.15, 0.2) is 0 Å². The van der Waals surface area contributed by atoms with Gasteiger partial charge in [-0.1, -0.05) is 33.6 Å². The molecule has 0 aliphatic heterocycles. The van der Waals surface area contributed by atoms with E-state index in [0.717, 1.165) is 12.8 Å². The highest BCUT2D eigenvalue weighted by Crippen LogP contribution is 2.30. The van der Waals surface area contributed by atoms with Crippen LogP contribution in [0, 0.1) is 5.92 Å². The molecule has 0 rings (SSSR count). The molecule has 14 heavy (non-hydrogen) atoms. The summed E-state index contributed by atoms with van der Waals surface area (Å²) in [6, 6.07) is 0. The van der Waals surface area contributed by atoms with E-state index in [-0.39, 0.29) is 12.3 Å². The molecule has 0 aliphatic rings. The van der Waals surface area contributed by atoms with Crippen molar-refractivity contribution in [1.29, 1.82) is 0 Å². The number of aliphatic carboxylic acids is 1. The Morgan fingerprint density at radius 3 is 2.29 bits per heavy atom. The Balaban J connectivity index is 4.29. The Hall–Kier alpha value is -0.570. The van der Waals surface area contributed by atoms with Crippen molar-refractivity contribution in [3.8, 4) is 0 Å². The molecule has 84 valence electrons. The normalized spacial score (nSPS) is 17.4. The van der Waals surface area contributed by atoms with Crippen LogP contribution in [0.1, 0.15) is 52.9 Å². The van der Waals surface area contributed by atoms with Crippen LogP contribution in [0.5, 0.6) is 0 Å². The minimum absolute atomic E-state index is 0.0564. The van der Waals surface area contributed by atoms with Gasteiger partial charge in [0, 0.05) is 6.42 Å². The molecular weight excluding hydrogens is 180 g/mol. The zero-order valence-electron chi connectivity index (χ0n) is 9.42. The minimum atomic E-state index is -0.831. The predicted molar refractivity (Wildman–Crippen MR) is 56.2 cm³/mol. The molecule has 0 aromatic rings. The van der Waals surface area contributed by atoms with Gasteiger partial charge in [-0.2, -0.15) is 0 Å². The quantitative estimate of drug-likeness (QED) is 0.666. The van der Waals surface area contributed by atoms with E-state index >= 15 is 0 Å². The van der Waals surface area contributed by atoms with Crippen LogP contribution in [-0.2, 0) is 4.79 Å². The van der Waals surface area contributed by atoms with Gasteiger partial charge in [0.05, 0.1) is 5.60 Å². The van der Waals surface area contributed by atoms with Crippen LogP contribution in [0.2, 0.25) is 0 Å². The van der Waals surface area contributed by atoms with Gasteiger partial charge in [0.1, 0.15) is 0 Å². The van der Waals surface area contributed by atoms with Gasteiger partial charge >= 0.3 is 5.97 Å². The van der Waals surface area contributed by atoms with Crippen molar-refractivity contribution in [3.05, 3.63) is 0 Å². The fourth-order valence-electron chi connectivity index (χ4n) is 1.75. The third-order valence-electron chi connectivity index (χ3n) is 2.98. The molecule has 0 aromatic heterocycles. The number of carbonyl (C=O) groups is 1. The molecule has 2 unspecified atom stereocenters. The van der Waals surface area contributed by atoms with E-state index in [2.05, 4.69) is 0 Å². The maximum absolute atomic E-state index is 10.5. The molecule has 0 fully saturated rings. The predicted octanol–water partition coefficient (Wildman–Crippen LogP) is 2.43. The van der Waals surface area contributed by atoms with E-state index in [4.69, 9.17) is 5.11 Å². The maximum atomic E-state index is 10.5. The van der Waals surface area contributed by atoms with Gasteiger partial charge in [0.2, 0.25) is 0 Å². The van der Waals surface area contributed by atoms with E-state index in [0.29, 0.717) is 12.8 Å². The van der Waals surface area contributed by atoms with Crippen LogP contribution in [-0.4, -0.2) is 21.8 Å². The highest BCUT2D eigenvalue weighted by molar-refractivity contribution is 5.66. The van der Waals surface area contributed by atoms with Crippen molar-refractivity contribution >= 4 is 5.97 Å². The average molecular weight is 202 g/mol. The molecule has 0 saturated heterocycles. The molecule has 2 atom stereocenters. The highest BCUT2D eigenvalue weighted by Gasteiger charge is 2.31. The first-order valence-electron chi connectivity index (χ1n) is 5.40. The lowest BCUT2D eigenvalue weighted by atomic mass is 9.80. The van der Waals surface area contributed by atoms with E-state index in [1.54, 1.807) is 0 Å². The summed E-state index contributed by atoms with van der Waals surface area (Å²) in [6.45, 7) is 6.01. The number of carboxylic acid groups (broad SMARTS) is 1. The number of carboxylic acids is 1. The molecule has 2 N–H and O–H groups in total. The first kappa shape index (κ1) is 13.4. The smallest absolute Gasteiger partial charge is 0.303 e. The summed E-state index contributed by atoms with van der Waals surface area (Å²) in [5.74, 6) is -0.662. The van der Waals surface area contributed by atoms with Crippen LogP contribution in [0.15, 0.2) is 0 Å². The van der Waals surface area contributed by atoms with Gasteiger partial charge in [-0.25, -0.2) is 0 Å². The fourth-order valence-corrected chi connectivity index (χ4v) is 1.75. The molecule has 0 heterocycles. The highest BCUT2D eigenvalue weighted by atomic mass is 16.4. The van der Waals surface area contributed by atoms with Crippen LogP contribution in [0.3, 0.4) is 0 Å². The van der Waals surface area contributed by atoms with Crippen molar-refractivity contribution in [2.75, 3.05) is 0 Å². The Kier molecular flexibility index (Phi) is 5.77. The largest absolute Gasteiger partial charge is 0.481 e. The van der Waals surface area contributed by atoms with E-state index < -0.39 is 11.6 Å². The third kappa shape index (κ3) is 4.09. The molecule has 0 spiro atoms. The Morgan fingerprint density at radius 1 is 1.36 bits per heavy atom. The van der Waals surface area contributed by atoms with Crippen LogP contribution >= 0.6 is 0 Å². The molecule has 0 amide bonds. The summed E-state index contributed by atoms with van der Waals surface area (Å²) in [5.41, 5.74) is -0.790. The van der Waals surface area contributed by atoms with Crippen molar-refractivity contribution in [3.63, 3.8) is 0 Å². The lowest BCUT2D eigenvalue weighted by Gasteiger charge is -2.33. The van der Waals surface area contributed by atoms with Gasteiger partial charge in [-0.3, -0.25) is 4.79 Å². The molecule has 0 bridgehead atoms. The topological polar surface area (TPSA) is 57.5 Å². The standard InChI is InChI=1S/C11H22O3/c1-4-7-11(14,9(3)5-2)8-6-10(12)13/h9,14H,4-8H2,1-3H3,(H,12,13). The minimum Gasteiger partial charge on any atom is -0.481 e. The third-order valence-corrected chi connectivity index (χ3v) is 2.98. The summed E-state index contributed by atoms with van der Waals surface area (Å²) in [4.78, 5) is 10.5. The number of hydrogen-bond acceptors (Lipinski definition) is 2. The van der Waals surface area contributed by atoms with E-state index in [1.807, 2.05) is 20.8 Å². The van der Waals surface area contributed by atoms with Crippen LogP contribution in [0.4, 0.5) is 0 Å². The zero-order valence-corrected chi connectivity index (χ0v) is 9.42. The van der Waals surface area contributed by atoms with Gasteiger partial charge < -0.3 is 10.2 Å². The molecule has 0 aliphatic carbocycles. The first-order chi connectivity index (χ1) is 6.46. The zero-order chi connectivity index (χ0) is 11.2. The molecule has 0 saturated carbocycles. The molecule has 3 heteroatoms. The molecule has 0 aromatic carbocycles. The van der Waals surface area contributed by atoms with Crippen molar-refractivity contribution in [2.24, 2.45) is 5.92 Å². The fraction of sp³-hybridized carbons (Fsp3) is 0.909. The SMILES string of the molecule is CCCC(O)(CCC(=O)O)C(C)CC. The van der Waals surface area contributed by atoms with Crippen LogP contribution in [0.25, 0.3) is 0 Å². The lowest BCUT2D eigenvalue weighted by Crippen LogP contribution is -2.36. The van der Waals surface area contributed by atoms with Crippen molar-refractivity contribution in [1.82, 2.24) is 0 Å². The summed E-state index contributed by atoms with van der Waals surface area (Å²) in [6.07, 6.45) is 2.89. The summed E-state index contributed by atoms with van der Waals surface area (Å²) >= 11 is 0. The monoisotopic (exact) mass is 202 g/mol. The van der Waals surface area contributed by atoms with E-state index in [9.17, 15) is 9.90 Å². The summed E-state index contributed by atoms with van der Waals surface area (Å²) in [7, 11) is 0. The second-order valence-corrected chi connectivity index (χ2v) is 4.06. The molecule has 0 radical (unpaired) electrons. The Labute approximate surface area is 86.1 Å². The Bertz CT molecular complexity index is 179. The number of aliphatic hydroxyl groups is 1. The second kappa shape index (κ2) is 6.02. The lowest BCUT2D eigenvalue weighted by molar-refractivity contribution is -0.139. The maximum Gasteiger partial charge on any atom is 0.303 e.